The molecule has 0 spiro atoms. The van der Waals surface area contributed by atoms with Crippen LogP contribution >= 0.6 is 24.0 Å². The Bertz CT molecular complexity index is 866. The third-order valence-electron chi connectivity index (χ3n) is 5.56. The van der Waals surface area contributed by atoms with Crippen LogP contribution in [0.1, 0.15) is 23.1 Å². The molecule has 0 radical (unpaired) electrons. The average molecular weight is 573 g/mol. The first-order valence-electron chi connectivity index (χ1n) is 11.0. The van der Waals surface area contributed by atoms with Gasteiger partial charge in [0.05, 0.1) is 0 Å². The molecule has 0 amide bonds. The molecule has 0 bridgehead atoms. The molecule has 3 rings (SSSR count). The minimum absolute atomic E-state index is 0. The van der Waals surface area contributed by atoms with Crippen molar-refractivity contribution in [1.29, 1.82) is 0 Å². The van der Waals surface area contributed by atoms with Crippen molar-refractivity contribution in [2.45, 2.75) is 32.7 Å². The van der Waals surface area contributed by atoms with E-state index in [0.717, 1.165) is 31.7 Å². The first-order valence-corrected chi connectivity index (χ1v) is 11.0. The molecule has 0 aliphatic carbocycles. The van der Waals surface area contributed by atoms with E-state index in [0.29, 0.717) is 24.6 Å². The van der Waals surface area contributed by atoms with Gasteiger partial charge >= 0.3 is 6.61 Å². The van der Waals surface area contributed by atoms with Crippen LogP contribution in [-0.4, -0.2) is 62.6 Å². The van der Waals surface area contributed by atoms with Crippen LogP contribution in [0.3, 0.4) is 0 Å². The van der Waals surface area contributed by atoms with Crippen LogP contribution in [0.15, 0.2) is 53.5 Å². The van der Waals surface area contributed by atoms with E-state index in [1.165, 1.54) is 24.6 Å². The van der Waals surface area contributed by atoms with Gasteiger partial charge in [0.15, 0.2) is 5.96 Å². The largest absolute Gasteiger partial charge is 0.434 e. The van der Waals surface area contributed by atoms with E-state index in [9.17, 15) is 8.78 Å². The molecule has 1 heterocycles. The Kier molecular flexibility index (Phi) is 11.8. The highest BCUT2D eigenvalue weighted by atomic mass is 127. The topological polar surface area (TPSA) is 52.1 Å². The summed E-state index contributed by atoms with van der Waals surface area (Å²) in [5.74, 6) is 0.756. The molecule has 2 aromatic carbocycles. The highest BCUT2D eigenvalue weighted by Crippen LogP contribution is 2.20. The summed E-state index contributed by atoms with van der Waals surface area (Å²) in [5, 5.41) is 6.41. The standard InChI is InChI=1S/C24H33F2N5O.HI/c1-27-24(29-17-21-6-3-4-7-22(21)32-23(25)26)28-16-19-8-10-20(11-9-19)18-31-13-5-12-30(2)14-15-31;/h3-4,6-11,23H,5,12-18H2,1-2H3,(H2,27,28,29);1H. The summed E-state index contributed by atoms with van der Waals surface area (Å²) < 4.78 is 29.7. The minimum atomic E-state index is -2.85. The van der Waals surface area contributed by atoms with Gasteiger partial charge < -0.3 is 20.3 Å². The van der Waals surface area contributed by atoms with E-state index in [1.54, 1.807) is 25.2 Å². The summed E-state index contributed by atoms with van der Waals surface area (Å²) in [4.78, 5) is 9.11. The van der Waals surface area contributed by atoms with Crippen molar-refractivity contribution < 1.29 is 13.5 Å². The molecule has 0 unspecified atom stereocenters. The number of ether oxygens (including phenoxy) is 1. The molecule has 1 saturated heterocycles. The van der Waals surface area contributed by atoms with Gasteiger partial charge in [0.25, 0.3) is 0 Å². The number of rotatable bonds is 8. The molecule has 0 aromatic heterocycles. The number of halogens is 3. The number of para-hydroxylation sites is 1. The summed E-state index contributed by atoms with van der Waals surface area (Å²) in [7, 11) is 3.86. The molecule has 1 aliphatic heterocycles. The Morgan fingerprint density at radius 2 is 1.67 bits per heavy atom. The molecule has 2 N–H and O–H groups in total. The molecule has 0 saturated carbocycles. The lowest BCUT2D eigenvalue weighted by Gasteiger charge is -2.20. The van der Waals surface area contributed by atoms with Gasteiger partial charge in [0, 0.05) is 45.3 Å². The van der Waals surface area contributed by atoms with Crippen LogP contribution in [0.2, 0.25) is 0 Å². The molecule has 1 aliphatic rings. The van der Waals surface area contributed by atoms with E-state index < -0.39 is 6.61 Å². The molecule has 182 valence electrons. The zero-order valence-corrected chi connectivity index (χ0v) is 21.6. The van der Waals surface area contributed by atoms with Crippen LogP contribution in [0, 0.1) is 0 Å². The van der Waals surface area contributed by atoms with Crippen LogP contribution in [0.4, 0.5) is 8.78 Å². The molecular formula is C24H34F2IN5O. The molecule has 2 aromatic rings. The predicted octanol–water partition coefficient (Wildman–Crippen LogP) is 3.91. The number of hydrogen-bond acceptors (Lipinski definition) is 4. The number of likely N-dealkylation sites (N-methyl/N-ethyl adjacent to an activating group) is 1. The fraction of sp³-hybridized carbons (Fsp3) is 0.458. The summed E-state index contributed by atoms with van der Waals surface area (Å²) in [6.45, 7) is 3.60. The van der Waals surface area contributed by atoms with Crippen LogP contribution < -0.4 is 15.4 Å². The van der Waals surface area contributed by atoms with E-state index in [1.807, 2.05) is 0 Å². The second-order valence-electron chi connectivity index (χ2n) is 8.02. The average Bonchev–Trinajstić information content (AvgIpc) is 2.99. The maximum absolute atomic E-state index is 12.6. The van der Waals surface area contributed by atoms with Crippen molar-refractivity contribution >= 4 is 29.9 Å². The first-order chi connectivity index (χ1) is 15.5. The van der Waals surface area contributed by atoms with Crippen molar-refractivity contribution in [1.82, 2.24) is 20.4 Å². The van der Waals surface area contributed by atoms with E-state index in [2.05, 4.69) is 61.5 Å². The van der Waals surface area contributed by atoms with Gasteiger partial charge in [-0.2, -0.15) is 8.78 Å². The lowest BCUT2D eigenvalue weighted by molar-refractivity contribution is -0.0504. The van der Waals surface area contributed by atoms with E-state index in [4.69, 9.17) is 0 Å². The van der Waals surface area contributed by atoms with Crippen LogP contribution in [0.25, 0.3) is 0 Å². The quantitative estimate of drug-likeness (QED) is 0.285. The maximum Gasteiger partial charge on any atom is 0.387 e. The van der Waals surface area contributed by atoms with Crippen molar-refractivity contribution in [2.75, 3.05) is 40.3 Å². The third-order valence-corrected chi connectivity index (χ3v) is 5.56. The van der Waals surface area contributed by atoms with Crippen LogP contribution in [0.5, 0.6) is 5.75 Å². The van der Waals surface area contributed by atoms with Crippen molar-refractivity contribution in [3.05, 3.63) is 65.2 Å². The first kappa shape index (κ1) is 27.3. The lowest BCUT2D eigenvalue weighted by atomic mass is 10.1. The molecule has 1 fully saturated rings. The Morgan fingerprint density at radius 1 is 0.970 bits per heavy atom. The fourth-order valence-corrected chi connectivity index (χ4v) is 3.72. The predicted molar refractivity (Wildman–Crippen MR) is 139 cm³/mol. The zero-order valence-electron chi connectivity index (χ0n) is 19.3. The van der Waals surface area contributed by atoms with Gasteiger partial charge in [0.1, 0.15) is 5.75 Å². The van der Waals surface area contributed by atoms with Gasteiger partial charge in [-0.15, -0.1) is 24.0 Å². The monoisotopic (exact) mass is 573 g/mol. The molecule has 6 nitrogen and oxygen atoms in total. The molecule has 0 atom stereocenters. The Balaban J connectivity index is 0.00000385. The highest BCUT2D eigenvalue weighted by molar-refractivity contribution is 14.0. The smallest absolute Gasteiger partial charge is 0.387 e. The van der Waals surface area contributed by atoms with E-state index in [-0.39, 0.29) is 29.7 Å². The molecule has 33 heavy (non-hydrogen) atoms. The van der Waals surface area contributed by atoms with Gasteiger partial charge in [-0.3, -0.25) is 9.89 Å². The third kappa shape index (κ3) is 9.42. The van der Waals surface area contributed by atoms with Gasteiger partial charge in [0.2, 0.25) is 0 Å². The summed E-state index contributed by atoms with van der Waals surface area (Å²) >= 11 is 0. The number of benzene rings is 2. The number of nitrogens with zero attached hydrogens (tertiary/aromatic N) is 3. The number of aliphatic imine (C=N–C) groups is 1. The Labute approximate surface area is 212 Å². The Hall–Kier alpha value is -1.98. The van der Waals surface area contributed by atoms with Gasteiger partial charge in [-0.1, -0.05) is 42.5 Å². The van der Waals surface area contributed by atoms with Crippen LogP contribution in [-0.2, 0) is 19.6 Å². The van der Waals surface area contributed by atoms with Crippen molar-refractivity contribution in [2.24, 2.45) is 4.99 Å². The van der Waals surface area contributed by atoms with Gasteiger partial charge in [-0.05, 0) is 43.8 Å². The van der Waals surface area contributed by atoms with Gasteiger partial charge in [-0.25, -0.2) is 0 Å². The lowest BCUT2D eigenvalue weighted by Crippen LogP contribution is -2.36. The number of alkyl halides is 2. The zero-order chi connectivity index (χ0) is 22.8. The fourth-order valence-electron chi connectivity index (χ4n) is 3.72. The number of hydrogen-bond donors (Lipinski definition) is 2. The maximum atomic E-state index is 12.6. The normalized spacial score (nSPS) is 15.6. The summed E-state index contributed by atoms with van der Waals surface area (Å²) in [5.41, 5.74) is 3.10. The summed E-state index contributed by atoms with van der Waals surface area (Å²) in [6.07, 6.45) is 1.21. The highest BCUT2D eigenvalue weighted by Gasteiger charge is 2.12. The molecular weight excluding hydrogens is 539 g/mol. The van der Waals surface area contributed by atoms with Crippen molar-refractivity contribution in [3.8, 4) is 5.75 Å². The minimum Gasteiger partial charge on any atom is -0.434 e. The number of guanidine groups is 1. The Morgan fingerprint density at radius 3 is 2.39 bits per heavy atom. The SMILES string of the molecule is CN=C(NCc1ccc(CN2CCCN(C)CC2)cc1)NCc1ccccc1OC(F)F.I. The second kappa shape index (κ2) is 14.3. The number of nitrogens with one attached hydrogen (secondary N) is 2. The molecule has 9 heteroatoms. The summed E-state index contributed by atoms with van der Waals surface area (Å²) in [6, 6.07) is 15.4. The van der Waals surface area contributed by atoms with E-state index >= 15 is 0 Å². The van der Waals surface area contributed by atoms with Crippen molar-refractivity contribution in [3.63, 3.8) is 0 Å². The second-order valence-corrected chi connectivity index (χ2v) is 8.02.